The molecule has 4 nitrogen and oxygen atoms in total. The molecule has 2 rings (SSSR count). The number of carbonyl (C=O) groups is 2. The van der Waals surface area contributed by atoms with E-state index in [2.05, 4.69) is 11.9 Å². The first-order chi connectivity index (χ1) is 8.44. The lowest BCUT2D eigenvalue weighted by atomic mass is 10.1. The number of anilines is 1. The Morgan fingerprint density at radius 3 is 2.78 bits per heavy atom. The number of benzene rings is 1. The second-order valence-corrected chi connectivity index (χ2v) is 4.98. The van der Waals surface area contributed by atoms with Crippen LogP contribution >= 0.6 is 0 Å². The zero-order valence-electron chi connectivity index (χ0n) is 10.6. The van der Waals surface area contributed by atoms with Crippen LogP contribution in [0.25, 0.3) is 0 Å². The van der Waals surface area contributed by atoms with Crippen LogP contribution < -0.4 is 10.2 Å². The van der Waals surface area contributed by atoms with Crippen LogP contribution in [0.3, 0.4) is 0 Å². The molecule has 1 N–H and O–H groups in total. The second kappa shape index (κ2) is 4.29. The molecule has 1 heterocycles. The van der Waals surface area contributed by atoms with Gasteiger partial charge in [0.15, 0.2) is 0 Å². The quantitative estimate of drug-likeness (QED) is 0.765. The maximum atomic E-state index is 12.1. The molecule has 1 aromatic carbocycles. The van der Waals surface area contributed by atoms with E-state index >= 15 is 0 Å². The van der Waals surface area contributed by atoms with Crippen LogP contribution in [-0.4, -0.2) is 23.9 Å². The highest BCUT2D eigenvalue weighted by molar-refractivity contribution is 6.08. The van der Waals surface area contributed by atoms with Gasteiger partial charge in [0.25, 0.3) is 5.91 Å². The van der Waals surface area contributed by atoms with E-state index in [9.17, 15) is 9.59 Å². The fourth-order valence-corrected chi connectivity index (χ4v) is 2.10. The first kappa shape index (κ1) is 12.4. The van der Waals surface area contributed by atoms with Crippen molar-refractivity contribution in [3.05, 3.63) is 42.5 Å². The van der Waals surface area contributed by atoms with Crippen molar-refractivity contribution in [2.45, 2.75) is 19.4 Å². The molecule has 0 aliphatic carbocycles. The topological polar surface area (TPSA) is 49.4 Å². The molecule has 0 radical (unpaired) electrons. The average molecular weight is 244 g/mol. The molecule has 1 aliphatic heterocycles. The van der Waals surface area contributed by atoms with Crippen molar-refractivity contribution in [3.63, 3.8) is 0 Å². The van der Waals surface area contributed by atoms with E-state index in [0.29, 0.717) is 17.8 Å². The number of hydrogen-bond donors (Lipinski definition) is 1. The molecular weight excluding hydrogens is 228 g/mol. The van der Waals surface area contributed by atoms with Crippen molar-refractivity contribution in [2.24, 2.45) is 0 Å². The van der Waals surface area contributed by atoms with Gasteiger partial charge in [0.2, 0.25) is 5.91 Å². The third-order valence-corrected chi connectivity index (χ3v) is 2.89. The van der Waals surface area contributed by atoms with E-state index in [1.165, 1.54) is 6.08 Å². The number of carbonyl (C=O) groups excluding carboxylic acids is 2. The number of amides is 2. The summed E-state index contributed by atoms with van der Waals surface area (Å²) in [7, 11) is 0. The van der Waals surface area contributed by atoms with E-state index in [1.54, 1.807) is 23.1 Å². The third kappa shape index (κ3) is 2.14. The predicted octanol–water partition coefficient (Wildman–Crippen LogP) is 1.73. The monoisotopic (exact) mass is 244 g/mol. The van der Waals surface area contributed by atoms with Crippen LogP contribution in [0.4, 0.5) is 5.69 Å². The molecule has 0 fully saturated rings. The largest absolute Gasteiger partial charge is 0.345 e. The summed E-state index contributed by atoms with van der Waals surface area (Å²) in [5.41, 5.74) is 0.665. The van der Waals surface area contributed by atoms with Gasteiger partial charge in [0.05, 0.1) is 16.8 Å². The molecule has 0 unspecified atom stereocenters. The zero-order chi connectivity index (χ0) is 13.3. The average Bonchev–Trinajstić information content (AvgIpc) is 2.44. The molecule has 2 amide bonds. The van der Waals surface area contributed by atoms with Gasteiger partial charge in [-0.2, -0.15) is 0 Å². The minimum Gasteiger partial charge on any atom is -0.345 e. The normalized spacial score (nSPS) is 17.4. The van der Waals surface area contributed by atoms with Gasteiger partial charge in [-0.05, 0) is 32.1 Å². The van der Waals surface area contributed by atoms with Crippen molar-refractivity contribution < 1.29 is 9.59 Å². The summed E-state index contributed by atoms with van der Waals surface area (Å²) in [6.45, 7) is 7.70. The maximum Gasteiger partial charge on any atom is 0.253 e. The van der Waals surface area contributed by atoms with Crippen molar-refractivity contribution in [1.29, 1.82) is 0 Å². The fraction of sp³-hybridized carbons (Fsp3) is 0.286. The molecule has 0 atom stereocenters. The van der Waals surface area contributed by atoms with E-state index < -0.39 is 5.54 Å². The summed E-state index contributed by atoms with van der Waals surface area (Å²) in [6.07, 6.45) is 1.27. The Morgan fingerprint density at radius 2 is 2.11 bits per heavy atom. The van der Waals surface area contributed by atoms with E-state index in [-0.39, 0.29) is 11.8 Å². The molecule has 0 saturated heterocycles. The Kier molecular flexibility index (Phi) is 2.95. The van der Waals surface area contributed by atoms with Gasteiger partial charge in [-0.25, -0.2) is 0 Å². The van der Waals surface area contributed by atoms with Crippen LogP contribution in [0.15, 0.2) is 36.9 Å². The van der Waals surface area contributed by atoms with Gasteiger partial charge in [-0.15, -0.1) is 0 Å². The van der Waals surface area contributed by atoms with E-state index in [4.69, 9.17) is 0 Å². The molecule has 1 aliphatic rings. The van der Waals surface area contributed by atoms with Crippen LogP contribution in [0.2, 0.25) is 0 Å². The standard InChI is InChI=1S/C14H16N2O2/c1-4-12(17)16-9-14(2,3)15-13(18)10-7-5-6-8-11(10)16/h4-8H,1,9H2,2-3H3,(H,15,18). The first-order valence-corrected chi connectivity index (χ1v) is 5.80. The number of rotatable bonds is 1. The Balaban J connectivity index is 2.57. The first-order valence-electron chi connectivity index (χ1n) is 5.80. The SMILES string of the molecule is C=CC(=O)N1CC(C)(C)NC(=O)c2ccccc21. The van der Waals surface area contributed by atoms with Crippen LogP contribution in [0.1, 0.15) is 24.2 Å². The maximum absolute atomic E-state index is 12.1. The van der Waals surface area contributed by atoms with Crippen LogP contribution in [0, 0.1) is 0 Å². The minimum atomic E-state index is -0.477. The Bertz CT molecular complexity index is 520. The number of hydrogen-bond acceptors (Lipinski definition) is 2. The zero-order valence-corrected chi connectivity index (χ0v) is 10.6. The minimum absolute atomic E-state index is 0.157. The van der Waals surface area contributed by atoms with Crippen LogP contribution in [-0.2, 0) is 4.79 Å². The summed E-state index contributed by atoms with van der Waals surface area (Å²) >= 11 is 0. The number of fused-ring (bicyclic) bond motifs is 1. The molecule has 4 heteroatoms. The molecule has 0 saturated carbocycles. The molecule has 1 aromatic rings. The highest BCUT2D eigenvalue weighted by atomic mass is 16.2. The third-order valence-electron chi connectivity index (χ3n) is 2.89. The summed E-state index contributed by atoms with van der Waals surface area (Å²) in [5.74, 6) is -0.359. The van der Waals surface area contributed by atoms with Crippen molar-refractivity contribution >= 4 is 17.5 Å². The predicted molar refractivity (Wildman–Crippen MR) is 70.5 cm³/mol. The Morgan fingerprint density at radius 1 is 1.44 bits per heavy atom. The highest BCUT2D eigenvalue weighted by Crippen LogP contribution is 2.26. The van der Waals surface area contributed by atoms with Crippen LogP contribution in [0.5, 0.6) is 0 Å². The molecule has 94 valence electrons. The molecule has 0 spiro atoms. The fourth-order valence-electron chi connectivity index (χ4n) is 2.10. The molecule has 18 heavy (non-hydrogen) atoms. The number of nitrogens with zero attached hydrogens (tertiary/aromatic N) is 1. The summed E-state index contributed by atoms with van der Waals surface area (Å²) < 4.78 is 0. The van der Waals surface area contributed by atoms with Gasteiger partial charge in [-0.1, -0.05) is 18.7 Å². The Hall–Kier alpha value is -2.10. The van der Waals surface area contributed by atoms with E-state index in [1.807, 2.05) is 19.9 Å². The smallest absolute Gasteiger partial charge is 0.253 e. The van der Waals surface area contributed by atoms with Crippen molar-refractivity contribution in [1.82, 2.24) is 5.32 Å². The lowest BCUT2D eigenvalue weighted by Crippen LogP contribution is -2.50. The summed E-state index contributed by atoms with van der Waals surface area (Å²) in [6, 6.07) is 7.09. The number of nitrogens with one attached hydrogen (secondary N) is 1. The second-order valence-electron chi connectivity index (χ2n) is 4.98. The van der Waals surface area contributed by atoms with Gasteiger partial charge >= 0.3 is 0 Å². The lowest BCUT2D eigenvalue weighted by molar-refractivity contribution is -0.114. The lowest BCUT2D eigenvalue weighted by Gasteiger charge is -2.29. The van der Waals surface area contributed by atoms with E-state index in [0.717, 1.165) is 0 Å². The van der Waals surface area contributed by atoms with Crippen molar-refractivity contribution in [3.8, 4) is 0 Å². The Labute approximate surface area is 106 Å². The molecule has 0 bridgehead atoms. The van der Waals surface area contributed by atoms with Gasteiger partial charge < -0.3 is 10.2 Å². The van der Waals surface area contributed by atoms with Gasteiger partial charge in [0.1, 0.15) is 0 Å². The van der Waals surface area contributed by atoms with Gasteiger partial charge in [0, 0.05) is 6.54 Å². The number of para-hydroxylation sites is 1. The van der Waals surface area contributed by atoms with Crippen molar-refractivity contribution in [2.75, 3.05) is 11.4 Å². The highest BCUT2D eigenvalue weighted by Gasteiger charge is 2.32. The molecular formula is C14H16N2O2. The summed E-state index contributed by atoms with van der Waals surface area (Å²) in [4.78, 5) is 25.6. The van der Waals surface area contributed by atoms with Gasteiger partial charge in [-0.3, -0.25) is 9.59 Å². The molecule has 0 aromatic heterocycles. The summed E-state index contributed by atoms with van der Waals surface area (Å²) in [5, 5.41) is 2.92.